The number of methoxy groups -OCH3 is 1. The van der Waals surface area contributed by atoms with Crippen molar-refractivity contribution in [3.8, 4) is 5.75 Å². The van der Waals surface area contributed by atoms with Crippen molar-refractivity contribution in [1.82, 2.24) is 5.43 Å². The number of aryl methyl sites for hydroxylation is 1. The SMILES string of the molecule is COc1ccc(CCC(NN)c2cc(Br)ccc2Cl)cc1. The molecule has 21 heavy (non-hydrogen) atoms. The molecule has 2 aromatic carbocycles. The predicted octanol–water partition coefficient (Wildman–Crippen LogP) is 4.25. The van der Waals surface area contributed by atoms with E-state index < -0.39 is 0 Å². The predicted molar refractivity (Wildman–Crippen MR) is 90.5 cm³/mol. The molecule has 0 heterocycles. The molecule has 5 heteroatoms. The first kappa shape index (κ1) is 16.3. The van der Waals surface area contributed by atoms with Gasteiger partial charge in [-0.2, -0.15) is 0 Å². The Bertz CT molecular complexity index is 589. The summed E-state index contributed by atoms with van der Waals surface area (Å²) < 4.78 is 6.15. The topological polar surface area (TPSA) is 47.3 Å². The van der Waals surface area contributed by atoms with Crippen molar-refractivity contribution in [2.24, 2.45) is 5.84 Å². The maximum Gasteiger partial charge on any atom is 0.118 e. The maximum atomic E-state index is 6.26. The zero-order valence-corrected chi connectivity index (χ0v) is 14.1. The van der Waals surface area contributed by atoms with Crippen LogP contribution in [0, 0.1) is 0 Å². The van der Waals surface area contributed by atoms with Crippen LogP contribution in [-0.4, -0.2) is 7.11 Å². The Morgan fingerprint density at radius 3 is 2.57 bits per heavy atom. The number of ether oxygens (including phenoxy) is 1. The van der Waals surface area contributed by atoms with Crippen molar-refractivity contribution in [2.75, 3.05) is 7.11 Å². The van der Waals surface area contributed by atoms with Gasteiger partial charge < -0.3 is 4.74 Å². The third-order valence-corrected chi connectivity index (χ3v) is 4.25. The number of halogens is 2. The second-order valence-corrected chi connectivity index (χ2v) is 6.09. The molecule has 3 N–H and O–H groups in total. The zero-order valence-electron chi connectivity index (χ0n) is 11.8. The standard InChI is InChI=1S/C16H18BrClN2O/c1-21-13-6-2-11(3-7-13)4-9-16(20-19)14-10-12(17)5-8-15(14)18/h2-3,5-8,10,16,20H,4,9,19H2,1H3. The second-order valence-electron chi connectivity index (χ2n) is 4.77. The first-order valence-corrected chi connectivity index (χ1v) is 7.85. The van der Waals surface area contributed by atoms with Crippen LogP contribution in [-0.2, 0) is 6.42 Å². The zero-order chi connectivity index (χ0) is 15.2. The van der Waals surface area contributed by atoms with E-state index in [-0.39, 0.29) is 6.04 Å². The van der Waals surface area contributed by atoms with Crippen LogP contribution >= 0.6 is 27.5 Å². The molecule has 0 radical (unpaired) electrons. The fraction of sp³-hybridized carbons (Fsp3) is 0.250. The third kappa shape index (κ3) is 4.45. The maximum absolute atomic E-state index is 6.26. The van der Waals surface area contributed by atoms with Crippen LogP contribution in [0.2, 0.25) is 5.02 Å². The molecule has 0 saturated carbocycles. The van der Waals surface area contributed by atoms with Gasteiger partial charge in [-0.25, -0.2) is 0 Å². The first-order chi connectivity index (χ1) is 10.1. The highest BCUT2D eigenvalue weighted by molar-refractivity contribution is 9.10. The Hall–Kier alpha value is -1.07. The summed E-state index contributed by atoms with van der Waals surface area (Å²) in [6, 6.07) is 13.9. The molecule has 2 aromatic rings. The van der Waals surface area contributed by atoms with Crippen molar-refractivity contribution < 1.29 is 4.74 Å². The summed E-state index contributed by atoms with van der Waals surface area (Å²) in [4.78, 5) is 0. The molecule has 0 aliphatic carbocycles. The Balaban J connectivity index is 2.06. The summed E-state index contributed by atoms with van der Waals surface area (Å²) in [5, 5.41) is 0.718. The highest BCUT2D eigenvalue weighted by Gasteiger charge is 2.14. The Morgan fingerprint density at radius 2 is 1.95 bits per heavy atom. The largest absolute Gasteiger partial charge is 0.497 e. The average molecular weight is 370 g/mol. The molecular weight excluding hydrogens is 352 g/mol. The third-order valence-electron chi connectivity index (χ3n) is 3.42. The molecule has 1 unspecified atom stereocenters. The van der Waals surface area contributed by atoms with Gasteiger partial charge in [0.05, 0.1) is 7.11 Å². The lowest BCUT2D eigenvalue weighted by atomic mass is 9.99. The van der Waals surface area contributed by atoms with E-state index >= 15 is 0 Å². The first-order valence-electron chi connectivity index (χ1n) is 6.68. The van der Waals surface area contributed by atoms with E-state index in [2.05, 4.69) is 33.5 Å². The molecular formula is C16H18BrClN2O. The smallest absolute Gasteiger partial charge is 0.118 e. The Morgan fingerprint density at radius 1 is 1.24 bits per heavy atom. The molecule has 2 rings (SSSR count). The summed E-state index contributed by atoms with van der Waals surface area (Å²) in [5.41, 5.74) is 5.09. The van der Waals surface area contributed by atoms with Crippen molar-refractivity contribution in [3.63, 3.8) is 0 Å². The van der Waals surface area contributed by atoms with Gasteiger partial charge in [-0.1, -0.05) is 39.7 Å². The van der Waals surface area contributed by atoms with Crippen LogP contribution in [0.15, 0.2) is 46.9 Å². The van der Waals surface area contributed by atoms with E-state index in [0.717, 1.165) is 33.6 Å². The van der Waals surface area contributed by atoms with Gasteiger partial charge in [-0.05, 0) is 54.3 Å². The number of hydrogen-bond acceptors (Lipinski definition) is 3. The molecule has 0 bridgehead atoms. The number of hydrogen-bond donors (Lipinski definition) is 2. The highest BCUT2D eigenvalue weighted by atomic mass is 79.9. The van der Waals surface area contributed by atoms with Crippen LogP contribution in [0.3, 0.4) is 0 Å². The normalized spacial score (nSPS) is 12.2. The molecule has 3 nitrogen and oxygen atoms in total. The van der Waals surface area contributed by atoms with Crippen molar-refractivity contribution in [1.29, 1.82) is 0 Å². The van der Waals surface area contributed by atoms with Gasteiger partial charge in [0.15, 0.2) is 0 Å². The van der Waals surface area contributed by atoms with E-state index in [1.807, 2.05) is 30.3 Å². The molecule has 0 aliphatic rings. The summed E-state index contributed by atoms with van der Waals surface area (Å²) >= 11 is 9.72. The molecule has 0 amide bonds. The van der Waals surface area contributed by atoms with Gasteiger partial charge in [0.25, 0.3) is 0 Å². The number of benzene rings is 2. The van der Waals surface area contributed by atoms with E-state index in [1.54, 1.807) is 7.11 Å². The van der Waals surface area contributed by atoms with Crippen molar-refractivity contribution >= 4 is 27.5 Å². The molecule has 0 aromatic heterocycles. The van der Waals surface area contributed by atoms with Gasteiger partial charge in [0, 0.05) is 15.5 Å². The summed E-state index contributed by atoms with van der Waals surface area (Å²) in [6.45, 7) is 0. The lowest BCUT2D eigenvalue weighted by Crippen LogP contribution is -2.28. The molecule has 0 saturated heterocycles. The number of nitrogens with one attached hydrogen (secondary N) is 1. The fourth-order valence-electron chi connectivity index (χ4n) is 2.21. The highest BCUT2D eigenvalue weighted by Crippen LogP contribution is 2.29. The van der Waals surface area contributed by atoms with E-state index in [0.29, 0.717) is 0 Å². The van der Waals surface area contributed by atoms with Gasteiger partial charge in [0.2, 0.25) is 0 Å². The molecule has 0 fully saturated rings. The minimum atomic E-state index is 0.0112. The summed E-state index contributed by atoms with van der Waals surface area (Å²) in [7, 11) is 1.67. The molecule has 0 aliphatic heterocycles. The van der Waals surface area contributed by atoms with Gasteiger partial charge in [-0.15, -0.1) is 0 Å². The summed E-state index contributed by atoms with van der Waals surface area (Å²) in [5.74, 6) is 6.55. The van der Waals surface area contributed by atoms with Gasteiger partial charge in [-0.3, -0.25) is 11.3 Å². The van der Waals surface area contributed by atoms with Crippen LogP contribution < -0.4 is 16.0 Å². The molecule has 0 spiro atoms. The lowest BCUT2D eigenvalue weighted by Gasteiger charge is -2.18. The van der Waals surface area contributed by atoms with Crippen molar-refractivity contribution in [2.45, 2.75) is 18.9 Å². The number of nitrogens with two attached hydrogens (primary N) is 1. The minimum Gasteiger partial charge on any atom is -0.497 e. The van der Waals surface area contributed by atoms with Crippen LogP contribution in [0.5, 0.6) is 5.75 Å². The minimum absolute atomic E-state index is 0.0112. The molecule has 112 valence electrons. The van der Waals surface area contributed by atoms with E-state index in [4.69, 9.17) is 22.2 Å². The van der Waals surface area contributed by atoms with E-state index in [9.17, 15) is 0 Å². The van der Waals surface area contributed by atoms with Crippen LogP contribution in [0.25, 0.3) is 0 Å². The van der Waals surface area contributed by atoms with Crippen molar-refractivity contribution in [3.05, 3.63) is 63.1 Å². The van der Waals surface area contributed by atoms with Gasteiger partial charge in [0.1, 0.15) is 5.75 Å². The second kappa shape index (κ2) is 7.80. The lowest BCUT2D eigenvalue weighted by molar-refractivity contribution is 0.414. The van der Waals surface area contributed by atoms with Gasteiger partial charge >= 0.3 is 0 Å². The Kier molecular flexibility index (Phi) is 6.06. The quantitative estimate of drug-likeness (QED) is 0.591. The van der Waals surface area contributed by atoms with Crippen LogP contribution in [0.1, 0.15) is 23.6 Å². The Labute approximate surface area is 138 Å². The molecule has 1 atom stereocenters. The summed E-state index contributed by atoms with van der Waals surface area (Å²) in [6.07, 6.45) is 1.76. The average Bonchev–Trinajstić information content (AvgIpc) is 2.51. The number of hydrazine groups is 1. The van der Waals surface area contributed by atoms with E-state index in [1.165, 1.54) is 5.56 Å². The fourth-order valence-corrected chi connectivity index (χ4v) is 2.84. The monoisotopic (exact) mass is 368 g/mol. The van der Waals surface area contributed by atoms with Crippen LogP contribution in [0.4, 0.5) is 0 Å². The number of rotatable bonds is 6.